The largest absolute Gasteiger partial charge is 0.287 e. The van der Waals surface area contributed by atoms with Gasteiger partial charge in [0.15, 0.2) is 5.12 Å². The van der Waals surface area contributed by atoms with Crippen molar-refractivity contribution in [3.8, 4) is 0 Å². The van der Waals surface area contributed by atoms with E-state index in [9.17, 15) is 9.18 Å². The number of carbonyl (C=O) groups excluding carboxylic acids is 1. The number of benzene rings is 1. The quantitative estimate of drug-likeness (QED) is 0.612. The molecule has 62 valence electrons. The van der Waals surface area contributed by atoms with E-state index in [-0.39, 0.29) is 10.9 Å². The topological polar surface area (TPSA) is 17.1 Å². The second kappa shape index (κ2) is 2.90. The van der Waals surface area contributed by atoms with Gasteiger partial charge < -0.3 is 0 Å². The molecule has 0 fully saturated rings. The molecule has 0 atom stereocenters. The van der Waals surface area contributed by atoms with Crippen LogP contribution in [0.15, 0.2) is 23.1 Å². The van der Waals surface area contributed by atoms with E-state index < -0.39 is 0 Å². The lowest BCUT2D eigenvalue weighted by Crippen LogP contribution is -2.03. The van der Waals surface area contributed by atoms with Gasteiger partial charge in [-0.2, -0.15) is 0 Å². The molecule has 1 aromatic rings. The lowest BCUT2D eigenvalue weighted by atomic mass is 10.1. The van der Waals surface area contributed by atoms with Crippen molar-refractivity contribution >= 4 is 16.9 Å². The summed E-state index contributed by atoms with van der Waals surface area (Å²) in [5.74, 6) is -0.219. The first-order valence-electron chi connectivity index (χ1n) is 3.75. The van der Waals surface area contributed by atoms with E-state index in [1.54, 1.807) is 6.07 Å². The molecule has 0 aromatic heterocycles. The molecule has 2 rings (SSSR count). The van der Waals surface area contributed by atoms with Crippen LogP contribution in [0.3, 0.4) is 0 Å². The van der Waals surface area contributed by atoms with E-state index in [0.717, 1.165) is 10.5 Å². The molecular weight excluding hydrogens is 175 g/mol. The molecule has 1 aromatic carbocycles. The number of carbonyl (C=O) groups is 1. The highest BCUT2D eigenvalue weighted by Crippen LogP contribution is 2.31. The normalized spacial score (nSPS) is 15.9. The number of rotatable bonds is 0. The van der Waals surface area contributed by atoms with Gasteiger partial charge in [-0.1, -0.05) is 11.8 Å². The molecule has 0 amide bonds. The average molecular weight is 182 g/mol. The van der Waals surface area contributed by atoms with E-state index in [1.165, 1.54) is 23.9 Å². The fourth-order valence-electron chi connectivity index (χ4n) is 1.25. The van der Waals surface area contributed by atoms with Crippen LogP contribution in [0.1, 0.15) is 12.0 Å². The third kappa shape index (κ3) is 1.37. The average Bonchev–Trinajstić information content (AvgIpc) is 2.05. The predicted octanol–water partition coefficient (Wildman–Crippen LogP) is 2.39. The summed E-state index contributed by atoms with van der Waals surface area (Å²) in [5, 5.41) is 0.175. The third-order valence-corrected chi connectivity index (χ3v) is 2.89. The number of aryl methyl sites for hydroxylation is 1. The second-order valence-electron chi connectivity index (χ2n) is 2.73. The van der Waals surface area contributed by atoms with Gasteiger partial charge in [-0.25, -0.2) is 4.39 Å². The molecule has 0 radical (unpaired) electrons. The molecule has 0 bridgehead atoms. The predicted molar refractivity (Wildman–Crippen MR) is 45.6 cm³/mol. The van der Waals surface area contributed by atoms with Gasteiger partial charge in [0.2, 0.25) is 0 Å². The van der Waals surface area contributed by atoms with Gasteiger partial charge in [-0.05, 0) is 30.2 Å². The molecule has 0 N–H and O–H groups in total. The lowest BCUT2D eigenvalue weighted by Gasteiger charge is -2.12. The summed E-state index contributed by atoms with van der Waals surface area (Å²) in [4.78, 5) is 11.9. The smallest absolute Gasteiger partial charge is 0.194 e. The van der Waals surface area contributed by atoms with Crippen LogP contribution in [0.2, 0.25) is 0 Å². The summed E-state index contributed by atoms with van der Waals surface area (Å²) in [6.45, 7) is 0. The summed E-state index contributed by atoms with van der Waals surface area (Å²) in [6.07, 6.45) is 1.21. The van der Waals surface area contributed by atoms with Crippen molar-refractivity contribution in [1.29, 1.82) is 0 Å². The molecule has 0 unspecified atom stereocenters. The monoisotopic (exact) mass is 182 g/mol. The molecule has 1 nitrogen and oxygen atoms in total. The van der Waals surface area contributed by atoms with Gasteiger partial charge in [-0.3, -0.25) is 4.79 Å². The molecule has 12 heavy (non-hydrogen) atoms. The lowest BCUT2D eigenvalue weighted by molar-refractivity contribution is -0.111. The highest BCUT2D eigenvalue weighted by atomic mass is 32.2. The Hall–Kier alpha value is -0.830. The molecule has 0 saturated heterocycles. The van der Waals surface area contributed by atoms with Crippen LogP contribution >= 0.6 is 11.8 Å². The van der Waals surface area contributed by atoms with Crippen LogP contribution in [0, 0.1) is 5.82 Å². The van der Waals surface area contributed by atoms with Crippen LogP contribution < -0.4 is 0 Å². The van der Waals surface area contributed by atoms with E-state index in [0.29, 0.717) is 12.8 Å². The van der Waals surface area contributed by atoms with E-state index >= 15 is 0 Å². The molecule has 0 aliphatic carbocycles. The fraction of sp³-hybridized carbons (Fsp3) is 0.222. The first kappa shape index (κ1) is 7.80. The Morgan fingerprint density at radius 2 is 2.17 bits per heavy atom. The zero-order valence-electron chi connectivity index (χ0n) is 6.34. The number of halogens is 1. The standard InChI is InChI=1S/C9H7FOS/c10-7-2-3-8-6(5-7)1-4-9(11)12-8/h2-3,5H,1,4H2. The second-order valence-corrected chi connectivity index (χ2v) is 3.83. The van der Waals surface area contributed by atoms with Crippen LogP contribution in [0.5, 0.6) is 0 Å². The summed E-state index contributed by atoms with van der Waals surface area (Å²) in [6, 6.07) is 4.57. The molecule has 0 spiro atoms. The van der Waals surface area contributed by atoms with Crippen LogP contribution in [-0.2, 0) is 11.2 Å². The fourth-order valence-corrected chi connectivity index (χ4v) is 2.13. The first-order chi connectivity index (χ1) is 5.75. The Morgan fingerprint density at radius 1 is 1.33 bits per heavy atom. The van der Waals surface area contributed by atoms with Gasteiger partial charge >= 0.3 is 0 Å². The van der Waals surface area contributed by atoms with Gasteiger partial charge in [-0.15, -0.1) is 0 Å². The number of thioether (sulfide) groups is 1. The summed E-state index contributed by atoms with van der Waals surface area (Å²) in [7, 11) is 0. The highest BCUT2D eigenvalue weighted by molar-refractivity contribution is 8.13. The van der Waals surface area contributed by atoms with Crippen LogP contribution in [0.25, 0.3) is 0 Å². The van der Waals surface area contributed by atoms with Crippen molar-refractivity contribution in [2.45, 2.75) is 17.7 Å². The summed E-state index contributed by atoms with van der Waals surface area (Å²) < 4.78 is 12.7. The Bertz CT molecular complexity index is 335. The molecule has 3 heteroatoms. The number of fused-ring (bicyclic) bond motifs is 1. The van der Waals surface area contributed by atoms with Crippen LogP contribution in [-0.4, -0.2) is 5.12 Å². The Kier molecular flexibility index (Phi) is 1.89. The van der Waals surface area contributed by atoms with Crippen molar-refractivity contribution in [3.05, 3.63) is 29.6 Å². The van der Waals surface area contributed by atoms with Crippen molar-refractivity contribution in [2.75, 3.05) is 0 Å². The molecule has 0 saturated carbocycles. The van der Waals surface area contributed by atoms with Crippen molar-refractivity contribution in [2.24, 2.45) is 0 Å². The maximum atomic E-state index is 12.7. The zero-order valence-corrected chi connectivity index (χ0v) is 7.16. The number of hydrogen-bond acceptors (Lipinski definition) is 2. The number of hydrogen-bond donors (Lipinski definition) is 0. The Balaban J connectivity index is 2.43. The third-order valence-electron chi connectivity index (χ3n) is 1.84. The van der Waals surface area contributed by atoms with Gasteiger partial charge in [0.05, 0.1) is 0 Å². The molecular formula is C9H7FOS. The minimum Gasteiger partial charge on any atom is -0.287 e. The SMILES string of the molecule is O=C1CCc2cc(F)ccc2S1. The first-order valence-corrected chi connectivity index (χ1v) is 4.56. The summed E-state index contributed by atoms with van der Waals surface area (Å²) in [5.41, 5.74) is 0.958. The van der Waals surface area contributed by atoms with Gasteiger partial charge in [0.1, 0.15) is 5.82 Å². The maximum absolute atomic E-state index is 12.7. The molecule has 1 aliphatic rings. The van der Waals surface area contributed by atoms with Gasteiger partial charge in [0.25, 0.3) is 0 Å². The van der Waals surface area contributed by atoms with Crippen molar-refractivity contribution in [1.82, 2.24) is 0 Å². The van der Waals surface area contributed by atoms with Crippen molar-refractivity contribution in [3.63, 3.8) is 0 Å². The van der Waals surface area contributed by atoms with Gasteiger partial charge in [0, 0.05) is 11.3 Å². The molecule has 1 aliphatic heterocycles. The minimum atomic E-state index is -0.219. The zero-order chi connectivity index (χ0) is 8.55. The van der Waals surface area contributed by atoms with E-state index in [1.807, 2.05) is 0 Å². The Morgan fingerprint density at radius 3 is 3.00 bits per heavy atom. The maximum Gasteiger partial charge on any atom is 0.194 e. The highest BCUT2D eigenvalue weighted by Gasteiger charge is 2.16. The Labute approximate surface area is 74.0 Å². The van der Waals surface area contributed by atoms with Crippen LogP contribution in [0.4, 0.5) is 4.39 Å². The molecule has 1 heterocycles. The summed E-state index contributed by atoms with van der Waals surface area (Å²) >= 11 is 1.21. The van der Waals surface area contributed by atoms with E-state index in [4.69, 9.17) is 0 Å². The minimum absolute atomic E-state index is 0.175. The van der Waals surface area contributed by atoms with Crippen molar-refractivity contribution < 1.29 is 9.18 Å². The van der Waals surface area contributed by atoms with E-state index in [2.05, 4.69) is 0 Å².